The molecule has 98 valence electrons. The van der Waals surface area contributed by atoms with Gasteiger partial charge in [0.05, 0.1) is 5.02 Å². The minimum Gasteiger partial charge on any atom is -0.490 e. The molecule has 3 nitrogen and oxygen atoms in total. The van der Waals surface area contributed by atoms with Gasteiger partial charge in [-0.1, -0.05) is 11.6 Å². The van der Waals surface area contributed by atoms with Crippen molar-refractivity contribution >= 4 is 11.6 Å². The van der Waals surface area contributed by atoms with Crippen molar-refractivity contribution in [3.63, 3.8) is 0 Å². The van der Waals surface area contributed by atoms with Gasteiger partial charge < -0.3 is 14.6 Å². The zero-order valence-electron chi connectivity index (χ0n) is 10.6. The van der Waals surface area contributed by atoms with Gasteiger partial charge in [0.25, 0.3) is 0 Å². The van der Waals surface area contributed by atoms with Crippen molar-refractivity contribution in [3.05, 3.63) is 21.7 Å². The Morgan fingerprint density at radius 3 is 2.39 bits per heavy atom. The molecule has 0 aliphatic carbocycles. The molecule has 18 heavy (non-hydrogen) atoms. The first-order valence-corrected chi connectivity index (χ1v) is 6.79. The summed E-state index contributed by atoms with van der Waals surface area (Å²) in [6.07, 6.45) is 2.56. The number of hydrogen-bond acceptors (Lipinski definition) is 3. The first-order valence-electron chi connectivity index (χ1n) is 6.42. The average Bonchev–Trinajstić information content (AvgIpc) is 2.88. The highest BCUT2D eigenvalue weighted by atomic mass is 35.5. The van der Waals surface area contributed by atoms with E-state index in [-0.39, 0.29) is 18.8 Å². The molecule has 0 amide bonds. The van der Waals surface area contributed by atoms with Gasteiger partial charge >= 0.3 is 0 Å². The molecule has 1 aromatic carbocycles. The van der Waals surface area contributed by atoms with Crippen molar-refractivity contribution in [2.45, 2.75) is 45.3 Å². The largest absolute Gasteiger partial charge is 0.490 e. The second-order valence-electron chi connectivity index (χ2n) is 5.15. The van der Waals surface area contributed by atoms with E-state index in [0.717, 1.165) is 41.0 Å². The number of benzene rings is 1. The van der Waals surface area contributed by atoms with Gasteiger partial charge in [-0.2, -0.15) is 0 Å². The summed E-state index contributed by atoms with van der Waals surface area (Å²) in [5.41, 5.74) is 3.25. The molecule has 2 atom stereocenters. The Balaban J connectivity index is 2.19. The summed E-state index contributed by atoms with van der Waals surface area (Å²) < 4.78 is 11.7. The van der Waals surface area contributed by atoms with Gasteiger partial charge in [0.1, 0.15) is 23.7 Å². The number of rotatable bonds is 2. The number of fused-ring (bicyclic) bond motifs is 2. The Bertz CT molecular complexity index is 459. The van der Waals surface area contributed by atoms with Gasteiger partial charge in [-0.25, -0.2) is 0 Å². The third kappa shape index (κ3) is 1.69. The lowest BCUT2D eigenvalue weighted by Gasteiger charge is -2.14. The summed E-state index contributed by atoms with van der Waals surface area (Å²) in [5, 5.41) is 9.96. The molecule has 0 aromatic heterocycles. The molecule has 2 aliphatic heterocycles. The zero-order chi connectivity index (χ0) is 12.9. The molecule has 2 heterocycles. The van der Waals surface area contributed by atoms with Crippen molar-refractivity contribution in [1.29, 1.82) is 0 Å². The predicted octanol–water partition coefficient (Wildman–Crippen LogP) is 2.52. The fourth-order valence-corrected chi connectivity index (χ4v) is 3.25. The van der Waals surface area contributed by atoms with Crippen molar-refractivity contribution in [3.8, 4) is 11.5 Å². The van der Waals surface area contributed by atoms with Crippen LogP contribution in [0.3, 0.4) is 0 Å². The van der Waals surface area contributed by atoms with Crippen LogP contribution in [0.15, 0.2) is 0 Å². The second kappa shape index (κ2) is 4.32. The van der Waals surface area contributed by atoms with Crippen LogP contribution in [0, 0.1) is 0 Å². The third-order valence-electron chi connectivity index (χ3n) is 3.63. The van der Waals surface area contributed by atoms with Crippen LogP contribution in [0.5, 0.6) is 11.5 Å². The highest BCUT2D eigenvalue weighted by Gasteiger charge is 2.34. The minimum atomic E-state index is 0.118. The van der Waals surface area contributed by atoms with Crippen LogP contribution in [0.4, 0.5) is 0 Å². The SMILES string of the molecule is CC1Cc2c(CCO)c3c(c(Cl)c2O1)CC(C)O3. The minimum absolute atomic E-state index is 0.118. The van der Waals surface area contributed by atoms with Crippen molar-refractivity contribution in [1.82, 2.24) is 0 Å². The van der Waals surface area contributed by atoms with Crippen LogP contribution in [0.1, 0.15) is 30.5 Å². The van der Waals surface area contributed by atoms with Crippen LogP contribution < -0.4 is 9.47 Å². The van der Waals surface area contributed by atoms with E-state index >= 15 is 0 Å². The third-order valence-corrected chi connectivity index (χ3v) is 4.03. The zero-order valence-corrected chi connectivity index (χ0v) is 11.4. The molecular weight excluding hydrogens is 252 g/mol. The van der Waals surface area contributed by atoms with E-state index in [4.69, 9.17) is 21.1 Å². The normalized spacial score (nSPS) is 24.4. The van der Waals surface area contributed by atoms with Gasteiger partial charge in [-0.05, 0) is 20.3 Å². The van der Waals surface area contributed by atoms with Gasteiger partial charge in [0, 0.05) is 36.1 Å². The van der Waals surface area contributed by atoms with Crippen molar-refractivity contribution in [2.24, 2.45) is 0 Å². The molecule has 1 N–H and O–H groups in total. The predicted molar refractivity (Wildman–Crippen MR) is 69.8 cm³/mol. The van der Waals surface area contributed by atoms with Gasteiger partial charge in [0.15, 0.2) is 0 Å². The van der Waals surface area contributed by atoms with Crippen LogP contribution >= 0.6 is 11.6 Å². The van der Waals surface area contributed by atoms with E-state index in [2.05, 4.69) is 0 Å². The second-order valence-corrected chi connectivity index (χ2v) is 5.52. The summed E-state index contributed by atoms with van der Waals surface area (Å²) in [7, 11) is 0. The highest BCUT2D eigenvalue weighted by Crippen LogP contribution is 2.49. The van der Waals surface area contributed by atoms with E-state index in [1.807, 2.05) is 13.8 Å². The molecule has 0 bridgehead atoms. The van der Waals surface area contributed by atoms with E-state index < -0.39 is 0 Å². The van der Waals surface area contributed by atoms with Crippen molar-refractivity contribution < 1.29 is 14.6 Å². The molecule has 2 unspecified atom stereocenters. The molecule has 0 fully saturated rings. The maximum Gasteiger partial charge on any atom is 0.142 e. The van der Waals surface area contributed by atoms with Crippen LogP contribution in [0.25, 0.3) is 0 Å². The van der Waals surface area contributed by atoms with Gasteiger partial charge in [0.2, 0.25) is 0 Å². The smallest absolute Gasteiger partial charge is 0.142 e. The molecule has 3 rings (SSSR count). The molecule has 4 heteroatoms. The average molecular weight is 269 g/mol. The number of aliphatic hydroxyl groups excluding tert-OH is 1. The number of halogens is 1. The fourth-order valence-electron chi connectivity index (χ4n) is 2.93. The summed E-state index contributed by atoms with van der Waals surface area (Å²) in [6.45, 7) is 4.19. The number of aliphatic hydroxyl groups is 1. The molecule has 0 saturated carbocycles. The summed E-state index contributed by atoms with van der Waals surface area (Å²) in [6, 6.07) is 0. The Hall–Kier alpha value is -0.930. The Morgan fingerprint density at radius 2 is 1.72 bits per heavy atom. The summed E-state index contributed by atoms with van der Waals surface area (Å²) in [5.74, 6) is 1.70. The molecule has 2 aliphatic rings. The lowest BCUT2D eigenvalue weighted by Crippen LogP contribution is -2.08. The Morgan fingerprint density at radius 1 is 1.11 bits per heavy atom. The lowest BCUT2D eigenvalue weighted by atomic mass is 9.96. The van der Waals surface area contributed by atoms with E-state index in [0.29, 0.717) is 11.4 Å². The van der Waals surface area contributed by atoms with Crippen LogP contribution in [-0.2, 0) is 19.3 Å². The fraction of sp³-hybridized carbons (Fsp3) is 0.571. The first kappa shape index (κ1) is 12.1. The Labute approximate surface area is 112 Å². The lowest BCUT2D eigenvalue weighted by molar-refractivity contribution is 0.248. The van der Waals surface area contributed by atoms with Gasteiger partial charge in [-0.3, -0.25) is 0 Å². The number of hydrogen-bond donors (Lipinski definition) is 1. The topological polar surface area (TPSA) is 38.7 Å². The molecule has 0 spiro atoms. The standard InChI is InChI=1S/C14H17ClO3/c1-7-5-10-9(3-4-16)13-11(6-8(2)17-13)12(15)14(10)18-7/h7-8,16H,3-6H2,1-2H3. The molecule has 1 aromatic rings. The van der Waals surface area contributed by atoms with E-state index in [1.165, 1.54) is 0 Å². The summed E-state index contributed by atoms with van der Waals surface area (Å²) in [4.78, 5) is 0. The highest BCUT2D eigenvalue weighted by molar-refractivity contribution is 6.33. The van der Waals surface area contributed by atoms with Crippen molar-refractivity contribution in [2.75, 3.05) is 6.61 Å². The maximum atomic E-state index is 9.25. The molecular formula is C14H17ClO3. The van der Waals surface area contributed by atoms with Crippen LogP contribution in [0.2, 0.25) is 5.02 Å². The quantitative estimate of drug-likeness (QED) is 0.896. The van der Waals surface area contributed by atoms with Crippen LogP contribution in [-0.4, -0.2) is 23.9 Å². The summed E-state index contributed by atoms with van der Waals surface area (Å²) >= 11 is 6.43. The van der Waals surface area contributed by atoms with E-state index in [1.54, 1.807) is 0 Å². The van der Waals surface area contributed by atoms with Gasteiger partial charge in [-0.15, -0.1) is 0 Å². The maximum absolute atomic E-state index is 9.25. The van der Waals surface area contributed by atoms with E-state index in [9.17, 15) is 5.11 Å². The molecule has 0 saturated heterocycles. The number of ether oxygens (including phenoxy) is 2. The molecule has 0 radical (unpaired) electrons. The first-order chi connectivity index (χ1) is 8.61. The Kier molecular flexibility index (Phi) is 2.91. The monoisotopic (exact) mass is 268 g/mol.